The van der Waals surface area contributed by atoms with Crippen LogP contribution in [0.25, 0.3) is 0 Å². The van der Waals surface area contributed by atoms with Crippen LogP contribution in [0.5, 0.6) is 0 Å². The van der Waals surface area contributed by atoms with E-state index in [4.69, 9.17) is 20.4 Å². The third kappa shape index (κ3) is 25.6. The summed E-state index contributed by atoms with van der Waals surface area (Å²) in [6.07, 6.45) is 0. The Morgan fingerprint density at radius 3 is 0.880 bits per heavy atom. The van der Waals surface area contributed by atoms with E-state index in [2.05, 4.69) is 0 Å². The Kier molecular flexibility index (Phi) is 33.4. The van der Waals surface area contributed by atoms with Crippen LogP contribution in [0.4, 0.5) is 0 Å². The molecule has 0 aromatic heterocycles. The molecule has 0 saturated carbocycles. The first-order chi connectivity index (χ1) is 9.20. The van der Waals surface area contributed by atoms with E-state index in [-0.39, 0.29) is 77.6 Å². The summed E-state index contributed by atoms with van der Waals surface area (Å²) in [6, 6.07) is 0. The average Bonchev–Trinajstić information content (AvgIpc) is 2.22. The molecule has 0 amide bonds. The van der Waals surface area contributed by atoms with Gasteiger partial charge in [-0.1, -0.05) is 0 Å². The number of hydrogen-bond acceptors (Lipinski definition) is 6. The van der Waals surface area contributed by atoms with Crippen molar-refractivity contribution in [2.75, 3.05) is 39.3 Å². The molecule has 10 N–H and O–H groups in total. The van der Waals surface area contributed by atoms with Crippen LogP contribution in [-0.4, -0.2) is 110 Å². The maximum absolute atomic E-state index is 10.6. The van der Waals surface area contributed by atoms with Gasteiger partial charge in [0.15, 0.2) is 0 Å². The minimum atomic E-state index is -1.23. The zero-order valence-electron chi connectivity index (χ0n) is 14.4. The van der Waals surface area contributed by atoms with E-state index in [9.17, 15) is 19.2 Å². The molecule has 0 fully saturated rings. The van der Waals surface area contributed by atoms with Crippen LogP contribution < -0.4 is 29.6 Å². The molecule has 0 unspecified atom stereocenters. The molecule has 0 atom stereocenters. The predicted octanol–water partition coefficient (Wildman–Crippen LogP) is -7.43. The van der Waals surface area contributed by atoms with Crippen molar-refractivity contribution in [2.45, 2.75) is 0 Å². The molecule has 0 spiro atoms. The van der Waals surface area contributed by atoms with E-state index in [1.807, 2.05) is 0 Å². The molecule has 0 aromatic rings. The summed E-state index contributed by atoms with van der Waals surface area (Å²) in [5.74, 6) is -4.91. The van der Waals surface area contributed by atoms with Crippen molar-refractivity contribution in [3.63, 3.8) is 0 Å². The average molecular weight is 426 g/mol. The summed E-state index contributed by atoms with van der Waals surface area (Å²) >= 11 is 0. The standard InChI is InChI=1S/C10H16N2O8.Fe.Na.3H2O.H/c13-7(14)3-11(4-8(15)16)1-2-12(5-9(17)18)6-10(19)20;;;;;;/h1-6H2,(H,13,14)(H,15,16)(H,17,18)(H,19,20);;;3*1H2;/q;;+1;;;;-1. The number of nitrogens with zero attached hydrogens (tertiary/aromatic N) is 2. The summed E-state index contributed by atoms with van der Waals surface area (Å²) in [5.41, 5.74) is 0. The first kappa shape index (κ1) is 39.3. The van der Waals surface area contributed by atoms with Crippen LogP contribution in [-0.2, 0) is 36.2 Å². The smallest absolute Gasteiger partial charge is 1.00 e. The maximum atomic E-state index is 10.6. The summed E-state index contributed by atoms with van der Waals surface area (Å²) in [7, 11) is 0. The first-order valence-electron chi connectivity index (χ1n) is 5.52. The van der Waals surface area contributed by atoms with Crippen LogP contribution in [0.2, 0.25) is 0 Å². The Morgan fingerprint density at radius 2 is 0.760 bits per heavy atom. The molecule has 0 aromatic carbocycles. The third-order valence-corrected chi connectivity index (χ3v) is 2.17. The topological polar surface area (TPSA) is 250 Å². The largest absolute Gasteiger partial charge is 1.00 e. The van der Waals surface area contributed by atoms with E-state index < -0.39 is 50.1 Å². The monoisotopic (exact) mass is 426 g/mol. The maximum Gasteiger partial charge on any atom is 1.00 e. The van der Waals surface area contributed by atoms with Crippen molar-refractivity contribution < 1.29 is 104 Å². The van der Waals surface area contributed by atoms with Gasteiger partial charge in [-0.05, 0) is 0 Å². The van der Waals surface area contributed by atoms with Gasteiger partial charge in [-0.15, -0.1) is 0 Å². The van der Waals surface area contributed by atoms with E-state index in [1.54, 1.807) is 0 Å². The van der Waals surface area contributed by atoms with Crippen molar-refractivity contribution >= 4 is 23.9 Å². The van der Waals surface area contributed by atoms with Crippen molar-refractivity contribution in [1.29, 1.82) is 0 Å². The van der Waals surface area contributed by atoms with E-state index in [0.29, 0.717) is 0 Å². The number of hydrogen-bond donors (Lipinski definition) is 4. The zero-order chi connectivity index (χ0) is 15.7. The van der Waals surface area contributed by atoms with Crippen molar-refractivity contribution in [3.8, 4) is 0 Å². The summed E-state index contributed by atoms with van der Waals surface area (Å²) in [6.45, 7) is -2.25. The van der Waals surface area contributed by atoms with Gasteiger partial charge in [0, 0.05) is 30.2 Å². The molecule has 25 heavy (non-hydrogen) atoms. The normalized spacial score (nSPS) is 8.56. The Balaban J connectivity index is -0.000000120. The molecule has 0 aliphatic heterocycles. The van der Waals surface area contributed by atoms with Crippen LogP contribution in [0.15, 0.2) is 0 Å². The van der Waals surface area contributed by atoms with Crippen molar-refractivity contribution in [1.82, 2.24) is 9.80 Å². The Bertz CT molecular complexity index is 337. The second-order valence-corrected chi connectivity index (χ2v) is 4.00. The SMILES string of the molecule is O.O.O.O=C(O)CN(CCN(CC(=O)O)CC(=O)O)CC(=O)O.[Fe].[H-].[Na+]. The molecule has 0 heterocycles. The molecular weight excluding hydrogens is 403 g/mol. The van der Waals surface area contributed by atoms with Gasteiger partial charge in [-0.3, -0.25) is 29.0 Å². The predicted molar refractivity (Wildman–Crippen MR) is 75.4 cm³/mol. The molecular formula is C10H23FeN2NaO11. The molecule has 148 valence electrons. The van der Waals surface area contributed by atoms with Gasteiger partial charge in [0.1, 0.15) is 0 Å². The second kappa shape index (κ2) is 21.2. The Labute approximate surface area is 176 Å². The number of aliphatic carboxylic acids is 4. The van der Waals surface area contributed by atoms with E-state index in [1.165, 1.54) is 0 Å². The van der Waals surface area contributed by atoms with Gasteiger partial charge >= 0.3 is 53.4 Å². The van der Waals surface area contributed by atoms with Gasteiger partial charge in [-0.25, -0.2) is 0 Å². The third-order valence-electron chi connectivity index (χ3n) is 2.17. The zero-order valence-corrected chi connectivity index (χ0v) is 16.5. The Morgan fingerprint density at radius 1 is 0.600 bits per heavy atom. The summed E-state index contributed by atoms with van der Waals surface area (Å²) in [5, 5.41) is 34.5. The molecule has 15 heteroatoms. The van der Waals surface area contributed by atoms with Gasteiger partial charge in [0.05, 0.1) is 26.2 Å². The minimum absolute atomic E-state index is 0. The number of rotatable bonds is 11. The molecule has 0 bridgehead atoms. The first-order valence-corrected chi connectivity index (χ1v) is 5.52. The minimum Gasteiger partial charge on any atom is -1.00 e. The molecule has 0 aliphatic carbocycles. The number of carboxylic acids is 4. The number of carbonyl (C=O) groups is 4. The van der Waals surface area contributed by atoms with Crippen LogP contribution in [0.1, 0.15) is 1.43 Å². The molecule has 0 aliphatic rings. The molecule has 0 rings (SSSR count). The quantitative estimate of drug-likeness (QED) is 0.227. The fourth-order valence-electron chi connectivity index (χ4n) is 1.48. The van der Waals surface area contributed by atoms with Gasteiger partial charge in [0.25, 0.3) is 0 Å². The van der Waals surface area contributed by atoms with Crippen LogP contribution in [0, 0.1) is 0 Å². The van der Waals surface area contributed by atoms with E-state index >= 15 is 0 Å². The van der Waals surface area contributed by atoms with Crippen LogP contribution >= 0.6 is 0 Å². The van der Waals surface area contributed by atoms with Gasteiger partial charge in [-0.2, -0.15) is 0 Å². The van der Waals surface area contributed by atoms with Gasteiger partial charge in [0.2, 0.25) is 0 Å². The summed E-state index contributed by atoms with van der Waals surface area (Å²) < 4.78 is 0. The van der Waals surface area contributed by atoms with Crippen molar-refractivity contribution in [3.05, 3.63) is 0 Å². The molecule has 0 radical (unpaired) electrons. The molecule has 13 nitrogen and oxygen atoms in total. The van der Waals surface area contributed by atoms with Gasteiger partial charge < -0.3 is 38.3 Å². The summed E-state index contributed by atoms with van der Waals surface area (Å²) in [4.78, 5) is 44.4. The Hall–Kier alpha value is -0.801. The van der Waals surface area contributed by atoms with Crippen LogP contribution in [0.3, 0.4) is 0 Å². The fraction of sp³-hybridized carbons (Fsp3) is 0.600. The van der Waals surface area contributed by atoms with E-state index in [0.717, 1.165) is 9.80 Å². The van der Waals surface area contributed by atoms with Crippen molar-refractivity contribution in [2.24, 2.45) is 0 Å². The second-order valence-electron chi connectivity index (χ2n) is 4.00. The molecule has 0 saturated heterocycles. The number of carboxylic acid groups (broad SMARTS) is 4. The fourth-order valence-corrected chi connectivity index (χ4v) is 1.48.